The van der Waals surface area contributed by atoms with E-state index in [4.69, 9.17) is 0 Å². The molecule has 0 fully saturated rings. The van der Waals surface area contributed by atoms with Gasteiger partial charge in [-0.25, -0.2) is 0 Å². The van der Waals surface area contributed by atoms with E-state index in [1.54, 1.807) is 0 Å². The number of hydrogen-bond acceptors (Lipinski definition) is 3. The maximum atomic E-state index is 13.5. The molecular formula is C27H30N2O2. The van der Waals surface area contributed by atoms with Crippen LogP contribution in [0.1, 0.15) is 56.2 Å². The number of ketones is 1. The molecule has 0 radical (unpaired) electrons. The van der Waals surface area contributed by atoms with Crippen molar-refractivity contribution >= 4 is 17.4 Å². The lowest BCUT2D eigenvalue weighted by Gasteiger charge is -2.39. The number of benzene rings is 2. The topological polar surface area (TPSA) is 58.2 Å². The number of Topliss-reactive ketones (excluding diaryl/α,β-unsaturated/α-hetero) is 1. The number of dihydropyridines is 1. The first-order valence-corrected chi connectivity index (χ1v) is 10.8. The molecule has 1 aliphatic carbocycles. The van der Waals surface area contributed by atoms with Gasteiger partial charge in [0.2, 0.25) is 0 Å². The Labute approximate surface area is 184 Å². The molecule has 1 aliphatic heterocycles. The van der Waals surface area contributed by atoms with E-state index < -0.39 is 0 Å². The standard InChI is InChI=1S/C27H30N2O2/c1-16-10-12-19(13-11-16)24-23(26(31)29-20-9-7-6-8-17(20)2)18(3)28-21-14-27(4,5)15-22(30)25(21)24/h6-13,24,28H,14-15H2,1-5H3,(H,29,31)/t24-/m1/s1. The van der Waals surface area contributed by atoms with Crippen molar-refractivity contribution in [2.75, 3.05) is 5.32 Å². The Morgan fingerprint density at radius 3 is 2.35 bits per heavy atom. The summed E-state index contributed by atoms with van der Waals surface area (Å²) in [6.07, 6.45) is 1.28. The Kier molecular flexibility index (Phi) is 5.34. The number of nitrogens with one attached hydrogen (secondary N) is 2. The third-order valence-electron chi connectivity index (χ3n) is 6.29. The second-order valence-electron chi connectivity index (χ2n) is 9.61. The lowest BCUT2D eigenvalue weighted by Crippen LogP contribution is -2.39. The van der Waals surface area contributed by atoms with Crippen LogP contribution in [0, 0.1) is 19.3 Å². The van der Waals surface area contributed by atoms with Gasteiger partial charge < -0.3 is 10.6 Å². The summed E-state index contributed by atoms with van der Waals surface area (Å²) in [5, 5.41) is 6.50. The minimum atomic E-state index is -0.371. The quantitative estimate of drug-likeness (QED) is 0.693. The van der Waals surface area contributed by atoms with Gasteiger partial charge in [-0.15, -0.1) is 0 Å². The molecule has 0 bridgehead atoms. The first kappa shape index (κ1) is 21.1. The van der Waals surface area contributed by atoms with E-state index in [9.17, 15) is 9.59 Å². The van der Waals surface area contributed by atoms with Gasteiger partial charge in [-0.3, -0.25) is 9.59 Å². The maximum absolute atomic E-state index is 13.5. The van der Waals surface area contributed by atoms with Crippen LogP contribution in [-0.2, 0) is 9.59 Å². The molecule has 0 saturated carbocycles. The number of anilines is 1. The van der Waals surface area contributed by atoms with Crippen molar-refractivity contribution < 1.29 is 9.59 Å². The first-order valence-electron chi connectivity index (χ1n) is 10.8. The highest BCUT2D eigenvalue weighted by Crippen LogP contribution is 2.46. The Balaban J connectivity index is 1.81. The average molecular weight is 415 g/mol. The second kappa shape index (κ2) is 7.84. The van der Waals surface area contributed by atoms with Crippen molar-refractivity contribution in [3.05, 3.63) is 87.8 Å². The number of para-hydroxylation sites is 1. The maximum Gasteiger partial charge on any atom is 0.254 e. The zero-order valence-electron chi connectivity index (χ0n) is 18.9. The smallest absolute Gasteiger partial charge is 0.254 e. The molecule has 0 aromatic heterocycles. The van der Waals surface area contributed by atoms with E-state index in [0.717, 1.165) is 45.8 Å². The number of allylic oxidation sites excluding steroid dienone is 3. The van der Waals surface area contributed by atoms with Gasteiger partial charge >= 0.3 is 0 Å². The zero-order valence-corrected chi connectivity index (χ0v) is 18.9. The highest BCUT2D eigenvalue weighted by Gasteiger charge is 2.42. The van der Waals surface area contributed by atoms with Crippen molar-refractivity contribution in [1.29, 1.82) is 0 Å². The summed E-state index contributed by atoms with van der Waals surface area (Å²) in [5.41, 5.74) is 6.92. The molecule has 2 aromatic carbocycles. The second-order valence-corrected chi connectivity index (χ2v) is 9.61. The fourth-order valence-electron chi connectivity index (χ4n) is 4.73. The molecule has 1 atom stereocenters. The molecule has 0 spiro atoms. The summed E-state index contributed by atoms with van der Waals surface area (Å²) < 4.78 is 0. The van der Waals surface area contributed by atoms with Crippen molar-refractivity contribution in [3.8, 4) is 0 Å². The van der Waals surface area contributed by atoms with Gasteiger partial charge in [0.05, 0.1) is 0 Å². The lowest BCUT2D eigenvalue weighted by molar-refractivity contribution is -0.118. The Morgan fingerprint density at radius 1 is 1.00 bits per heavy atom. The van der Waals surface area contributed by atoms with E-state index in [0.29, 0.717) is 12.0 Å². The van der Waals surface area contributed by atoms with Gasteiger partial charge in [0.1, 0.15) is 0 Å². The van der Waals surface area contributed by atoms with Crippen molar-refractivity contribution in [2.24, 2.45) is 5.41 Å². The van der Waals surface area contributed by atoms with Crippen LogP contribution in [0.4, 0.5) is 5.69 Å². The van der Waals surface area contributed by atoms with Crippen LogP contribution < -0.4 is 10.6 Å². The molecule has 31 heavy (non-hydrogen) atoms. The molecule has 2 N–H and O–H groups in total. The predicted molar refractivity (Wildman–Crippen MR) is 125 cm³/mol. The molecule has 4 rings (SSSR count). The summed E-state index contributed by atoms with van der Waals surface area (Å²) in [5.74, 6) is -0.420. The largest absolute Gasteiger partial charge is 0.362 e. The van der Waals surface area contributed by atoms with Gasteiger partial charge in [0.15, 0.2) is 5.78 Å². The molecule has 1 heterocycles. The third kappa shape index (κ3) is 4.07. The van der Waals surface area contributed by atoms with Crippen LogP contribution in [0.25, 0.3) is 0 Å². The molecule has 0 unspecified atom stereocenters. The zero-order chi connectivity index (χ0) is 22.3. The highest BCUT2D eigenvalue weighted by molar-refractivity contribution is 6.10. The fraction of sp³-hybridized carbons (Fsp3) is 0.333. The van der Waals surface area contributed by atoms with Crippen LogP contribution in [-0.4, -0.2) is 11.7 Å². The summed E-state index contributed by atoms with van der Waals surface area (Å²) in [6.45, 7) is 10.2. The normalized spacial score (nSPS) is 20.3. The minimum absolute atomic E-state index is 0.0953. The number of aryl methyl sites for hydroxylation is 2. The Morgan fingerprint density at radius 2 is 1.68 bits per heavy atom. The first-order chi connectivity index (χ1) is 14.7. The molecule has 4 heteroatoms. The van der Waals surface area contributed by atoms with Crippen molar-refractivity contribution in [3.63, 3.8) is 0 Å². The van der Waals surface area contributed by atoms with Crippen molar-refractivity contribution in [2.45, 2.75) is 53.4 Å². The van der Waals surface area contributed by atoms with Crippen LogP contribution in [0.5, 0.6) is 0 Å². The lowest BCUT2D eigenvalue weighted by atomic mass is 9.68. The molecule has 2 aromatic rings. The van der Waals surface area contributed by atoms with Crippen LogP contribution in [0.2, 0.25) is 0 Å². The number of rotatable bonds is 3. The summed E-state index contributed by atoms with van der Waals surface area (Å²) in [6, 6.07) is 15.9. The van der Waals surface area contributed by atoms with Crippen molar-refractivity contribution in [1.82, 2.24) is 5.32 Å². The molecule has 4 nitrogen and oxygen atoms in total. The summed E-state index contributed by atoms with van der Waals surface area (Å²) >= 11 is 0. The minimum Gasteiger partial charge on any atom is -0.362 e. The van der Waals surface area contributed by atoms with E-state index in [2.05, 4.69) is 24.5 Å². The molecular weight excluding hydrogens is 384 g/mol. The van der Waals surface area contributed by atoms with Crippen LogP contribution in [0.3, 0.4) is 0 Å². The van der Waals surface area contributed by atoms with E-state index in [-0.39, 0.29) is 23.0 Å². The monoisotopic (exact) mass is 414 g/mol. The van der Waals surface area contributed by atoms with Crippen LogP contribution in [0.15, 0.2) is 71.1 Å². The number of amides is 1. The predicted octanol–water partition coefficient (Wildman–Crippen LogP) is 5.55. The molecule has 2 aliphatic rings. The van der Waals surface area contributed by atoms with Gasteiger partial charge in [-0.05, 0) is 49.8 Å². The average Bonchev–Trinajstić information content (AvgIpc) is 2.68. The Bertz CT molecular complexity index is 1120. The molecule has 160 valence electrons. The van der Waals surface area contributed by atoms with Gasteiger partial charge in [-0.2, -0.15) is 0 Å². The molecule has 1 amide bonds. The number of hydrogen-bond donors (Lipinski definition) is 2. The van der Waals surface area contributed by atoms with Gasteiger partial charge in [0.25, 0.3) is 5.91 Å². The number of carbonyl (C=O) groups is 2. The highest BCUT2D eigenvalue weighted by atomic mass is 16.2. The summed E-state index contributed by atoms with van der Waals surface area (Å²) in [7, 11) is 0. The molecule has 0 saturated heterocycles. The van der Waals surface area contributed by atoms with Gasteiger partial charge in [-0.1, -0.05) is 61.9 Å². The summed E-state index contributed by atoms with van der Waals surface area (Å²) in [4.78, 5) is 26.9. The fourth-order valence-corrected chi connectivity index (χ4v) is 4.73. The van der Waals surface area contributed by atoms with E-state index in [1.165, 1.54) is 0 Å². The number of carbonyl (C=O) groups excluding carboxylic acids is 2. The SMILES string of the molecule is CC1=C(C(=O)Nc2ccccc2C)[C@@H](c2ccc(C)cc2)C2=C(CC(C)(C)CC2=O)N1. The van der Waals surface area contributed by atoms with E-state index >= 15 is 0 Å². The van der Waals surface area contributed by atoms with Crippen LogP contribution >= 0.6 is 0 Å². The Hall–Kier alpha value is -3.14. The third-order valence-corrected chi connectivity index (χ3v) is 6.29. The van der Waals surface area contributed by atoms with Gasteiger partial charge in [0, 0.05) is 40.6 Å². The van der Waals surface area contributed by atoms with E-state index in [1.807, 2.05) is 69.3 Å².